The summed E-state index contributed by atoms with van der Waals surface area (Å²) in [4.78, 5) is 15.0. The molecule has 3 N–H and O–H groups in total. The first-order valence-electron chi connectivity index (χ1n) is 8.19. The van der Waals surface area contributed by atoms with Gasteiger partial charge in [-0.3, -0.25) is 4.79 Å². The minimum absolute atomic E-state index is 0.0789. The molecule has 2 fully saturated rings. The molecule has 21 heavy (non-hydrogen) atoms. The lowest BCUT2D eigenvalue weighted by Crippen LogP contribution is -2.53. The molecule has 1 aliphatic heterocycles. The minimum atomic E-state index is -0.771. The van der Waals surface area contributed by atoms with Gasteiger partial charge in [0, 0.05) is 13.1 Å². The molecule has 0 radical (unpaired) electrons. The fourth-order valence-electron chi connectivity index (χ4n) is 3.63. The van der Waals surface area contributed by atoms with E-state index in [1.54, 1.807) is 0 Å². The van der Waals surface area contributed by atoms with Gasteiger partial charge in [-0.1, -0.05) is 44.7 Å². The van der Waals surface area contributed by atoms with Crippen molar-refractivity contribution in [3.05, 3.63) is 0 Å². The number of amides is 1. The van der Waals surface area contributed by atoms with E-state index in [2.05, 4.69) is 19.0 Å². The molecular formula is C16H29N3O2. The van der Waals surface area contributed by atoms with Crippen molar-refractivity contribution in [3.8, 4) is 0 Å². The normalized spacial score (nSPS) is 26.2. The standard InChI is InChI=1S/C16H29N3O2/c1-15(2)9-11-19(12-10-15)14(20)16(13(17)18-21)7-5-3-4-6-8-16/h21H,3-12H2,1-2H3,(H2,17,18). The van der Waals surface area contributed by atoms with Crippen molar-refractivity contribution < 1.29 is 10.0 Å². The highest BCUT2D eigenvalue weighted by molar-refractivity contribution is 6.06. The number of hydrogen-bond acceptors (Lipinski definition) is 3. The number of nitrogens with zero attached hydrogens (tertiary/aromatic N) is 2. The molecule has 0 spiro atoms. The number of carbonyl (C=O) groups excluding carboxylic acids is 1. The molecule has 0 unspecified atom stereocenters. The summed E-state index contributed by atoms with van der Waals surface area (Å²) in [5, 5.41) is 12.4. The van der Waals surface area contributed by atoms with Gasteiger partial charge in [0.25, 0.3) is 0 Å². The number of hydrogen-bond donors (Lipinski definition) is 2. The zero-order valence-corrected chi connectivity index (χ0v) is 13.4. The molecule has 0 bridgehead atoms. The molecule has 0 atom stereocenters. The van der Waals surface area contributed by atoms with Gasteiger partial charge in [0.1, 0.15) is 5.41 Å². The maximum absolute atomic E-state index is 13.1. The van der Waals surface area contributed by atoms with E-state index in [9.17, 15) is 4.79 Å². The van der Waals surface area contributed by atoms with E-state index in [1.165, 1.54) is 0 Å². The summed E-state index contributed by atoms with van der Waals surface area (Å²) in [6.07, 6.45) is 7.66. The number of piperidine rings is 1. The van der Waals surface area contributed by atoms with E-state index < -0.39 is 5.41 Å². The summed E-state index contributed by atoms with van der Waals surface area (Å²) in [5.74, 6) is 0.189. The molecule has 1 heterocycles. The molecule has 0 aromatic heterocycles. The third-order valence-electron chi connectivity index (χ3n) is 5.37. The van der Waals surface area contributed by atoms with Crippen LogP contribution in [0.3, 0.4) is 0 Å². The maximum atomic E-state index is 13.1. The van der Waals surface area contributed by atoms with E-state index in [0.717, 1.165) is 51.6 Å². The summed E-state index contributed by atoms with van der Waals surface area (Å²) in [7, 11) is 0. The average Bonchev–Trinajstić information content (AvgIpc) is 2.72. The van der Waals surface area contributed by atoms with Crippen LogP contribution in [-0.4, -0.2) is 34.9 Å². The van der Waals surface area contributed by atoms with Crippen LogP contribution in [-0.2, 0) is 4.79 Å². The highest BCUT2D eigenvalue weighted by Crippen LogP contribution is 2.39. The first-order valence-corrected chi connectivity index (χ1v) is 8.19. The Hall–Kier alpha value is -1.26. The van der Waals surface area contributed by atoms with Crippen molar-refractivity contribution in [1.29, 1.82) is 0 Å². The Balaban J connectivity index is 2.19. The van der Waals surface area contributed by atoms with Crippen molar-refractivity contribution in [2.24, 2.45) is 21.7 Å². The van der Waals surface area contributed by atoms with Crippen molar-refractivity contribution in [3.63, 3.8) is 0 Å². The Bertz CT molecular complexity index is 400. The third kappa shape index (κ3) is 3.33. The molecule has 2 aliphatic rings. The highest BCUT2D eigenvalue weighted by atomic mass is 16.4. The fourth-order valence-corrected chi connectivity index (χ4v) is 3.63. The van der Waals surface area contributed by atoms with Crippen LogP contribution in [0, 0.1) is 10.8 Å². The zero-order valence-electron chi connectivity index (χ0n) is 13.4. The van der Waals surface area contributed by atoms with Gasteiger partial charge in [0.2, 0.25) is 5.91 Å². The van der Waals surface area contributed by atoms with E-state index in [0.29, 0.717) is 18.3 Å². The molecule has 1 amide bonds. The second-order valence-electron chi connectivity index (χ2n) is 7.44. The molecule has 1 aliphatic carbocycles. The smallest absolute Gasteiger partial charge is 0.236 e. The molecule has 1 saturated heterocycles. The summed E-state index contributed by atoms with van der Waals surface area (Å²) < 4.78 is 0. The molecular weight excluding hydrogens is 266 g/mol. The summed E-state index contributed by atoms with van der Waals surface area (Å²) in [5.41, 5.74) is 5.50. The maximum Gasteiger partial charge on any atom is 0.236 e. The largest absolute Gasteiger partial charge is 0.409 e. The van der Waals surface area contributed by atoms with E-state index in [4.69, 9.17) is 10.9 Å². The molecule has 120 valence electrons. The number of oxime groups is 1. The van der Waals surface area contributed by atoms with Gasteiger partial charge in [0.05, 0.1) is 0 Å². The highest BCUT2D eigenvalue weighted by Gasteiger charge is 2.46. The van der Waals surface area contributed by atoms with Crippen LogP contribution in [0.25, 0.3) is 0 Å². The molecule has 0 aromatic rings. The van der Waals surface area contributed by atoms with Crippen molar-refractivity contribution in [1.82, 2.24) is 4.90 Å². The van der Waals surface area contributed by atoms with Gasteiger partial charge in [0.15, 0.2) is 5.84 Å². The lowest BCUT2D eigenvalue weighted by molar-refractivity contribution is -0.141. The Labute approximate surface area is 127 Å². The van der Waals surface area contributed by atoms with Crippen LogP contribution in [0.5, 0.6) is 0 Å². The molecule has 5 heteroatoms. The van der Waals surface area contributed by atoms with E-state index >= 15 is 0 Å². The topological polar surface area (TPSA) is 78.9 Å². The SMILES string of the molecule is CC1(C)CCN(C(=O)C2(C(N)=NO)CCCCCC2)CC1. The van der Waals surface area contributed by atoms with Crippen LogP contribution in [0.2, 0.25) is 0 Å². The number of amidine groups is 1. The van der Waals surface area contributed by atoms with E-state index in [-0.39, 0.29) is 11.7 Å². The molecule has 5 nitrogen and oxygen atoms in total. The summed E-state index contributed by atoms with van der Waals surface area (Å²) >= 11 is 0. The Kier molecular flexibility index (Phi) is 4.79. The lowest BCUT2D eigenvalue weighted by atomic mass is 9.76. The van der Waals surface area contributed by atoms with E-state index in [1.807, 2.05) is 4.90 Å². The fraction of sp³-hybridized carbons (Fsp3) is 0.875. The van der Waals surface area contributed by atoms with Crippen molar-refractivity contribution >= 4 is 11.7 Å². The second-order valence-corrected chi connectivity index (χ2v) is 7.44. The number of rotatable bonds is 2. The predicted molar refractivity (Wildman–Crippen MR) is 83.1 cm³/mol. The van der Waals surface area contributed by atoms with Gasteiger partial charge in [-0.2, -0.15) is 0 Å². The predicted octanol–water partition coefficient (Wildman–Crippen LogP) is 2.72. The third-order valence-corrected chi connectivity index (χ3v) is 5.37. The van der Waals surface area contributed by atoms with Crippen molar-refractivity contribution in [2.75, 3.05) is 13.1 Å². The number of carbonyl (C=O) groups is 1. The van der Waals surface area contributed by atoms with Gasteiger partial charge in [-0.05, 0) is 31.1 Å². The Morgan fingerprint density at radius 2 is 1.57 bits per heavy atom. The minimum Gasteiger partial charge on any atom is -0.409 e. The van der Waals surface area contributed by atoms with Crippen molar-refractivity contribution in [2.45, 2.75) is 65.2 Å². The van der Waals surface area contributed by atoms with Crippen LogP contribution in [0.1, 0.15) is 65.2 Å². The second kappa shape index (κ2) is 6.24. The quantitative estimate of drug-likeness (QED) is 0.270. The molecule has 0 aromatic carbocycles. The first-order chi connectivity index (χ1) is 9.91. The number of likely N-dealkylation sites (tertiary alicyclic amines) is 1. The number of nitrogens with two attached hydrogens (primary N) is 1. The van der Waals surface area contributed by atoms with Crippen LogP contribution >= 0.6 is 0 Å². The zero-order chi connectivity index (χ0) is 15.5. The summed E-state index contributed by atoms with van der Waals surface area (Å²) in [6.45, 7) is 6.07. The van der Waals surface area contributed by atoms with Crippen LogP contribution in [0.15, 0.2) is 5.16 Å². The van der Waals surface area contributed by atoms with Crippen LogP contribution in [0.4, 0.5) is 0 Å². The molecule has 2 rings (SSSR count). The Morgan fingerprint density at radius 1 is 1.05 bits per heavy atom. The average molecular weight is 295 g/mol. The molecule has 1 saturated carbocycles. The van der Waals surface area contributed by atoms with Crippen LogP contribution < -0.4 is 5.73 Å². The van der Waals surface area contributed by atoms with Gasteiger partial charge in [-0.25, -0.2) is 0 Å². The van der Waals surface area contributed by atoms with Gasteiger partial charge in [-0.15, -0.1) is 0 Å². The summed E-state index contributed by atoms with van der Waals surface area (Å²) in [6, 6.07) is 0. The Morgan fingerprint density at radius 3 is 2.05 bits per heavy atom. The first kappa shape index (κ1) is 16.1. The van der Waals surface area contributed by atoms with Gasteiger partial charge < -0.3 is 15.8 Å². The van der Waals surface area contributed by atoms with Gasteiger partial charge >= 0.3 is 0 Å². The monoisotopic (exact) mass is 295 g/mol. The lowest BCUT2D eigenvalue weighted by Gasteiger charge is -2.41.